The third-order valence-electron chi connectivity index (χ3n) is 3.81. The lowest BCUT2D eigenvalue weighted by Gasteiger charge is -2.28. The largest absolute Gasteiger partial charge is 0.443 e. The van der Waals surface area contributed by atoms with Crippen molar-refractivity contribution in [2.24, 2.45) is 0 Å². The summed E-state index contributed by atoms with van der Waals surface area (Å²) in [7, 11) is 0. The molecule has 0 aliphatic heterocycles. The minimum atomic E-state index is -1.13. The van der Waals surface area contributed by atoms with Crippen LogP contribution in [-0.2, 0) is 6.54 Å². The van der Waals surface area contributed by atoms with Gasteiger partial charge in [-0.3, -0.25) is 4.79 Å². The molecule has 0 aromatic carbocycles. The monoisotopic (exact) mass is 375 g/mol. The highest BCUT2D eigenvalue weighted by atomic mass is 32.1. The first-order valence-electron chi connectivity index (χ1n) is 8.56. The van der Waals surface area contributed by atoms with Crippen LogP contribution in [0.2, 0.25) is 0 Å². The van der Waals surface area contributed by atoms with Crippen LogP contribution in [0, 0.1) is 18.8 Å². The first-order valence-corrected chi connectivity index (χ1v) is 9.37. The lowest BCUT2D eigenvalue weighted by atomic mass is 10.1. The highest BCUT2D eigenvalue weighted by Gasteiger charge is 2.26. The Labute approximate surface area is 158 Å². The first kappa shape index (κ1) is 20.2. The Balaban J connectivity index is 2.25. The van der Waals surface area contributed by atoms with Gasteiger partial charge >= 0.3 is 0 Å². The molecule has 140 valence electrons. The highest BCUT2D eigenvalue weighted by molar-refractivity contribution is 7.11. The van der Waals surface area contributed by atoms with Crippen molar-refractivity contribution >= 4 is 17.2 Å². The predicted molar refractivity (Wildman–Crippen MR) is 102 cm³/mol. The maximum atomic E-state index is 13.0. The standard InChI is InChI=1S/C20H25NO4S/c1-5-15(13-22)21(12-17-8-6-14(2)26-17)19(23)18-9-7-16(25-18)10-11-20(3,4)24/h6-9,15,22,24H,5,12-13H2,1-4H3. The summed E-state index contributed by atoms with van der Waals surface area (Å²) >= 11 is 1.63. The van der Waals surface area contributed by atoms with Gasteiger partial charge in [-0.05, 0) is 57.4 Å². The zero-order valence-electron chi connectivity index (χ0n) is 15.6. The van der Waals surface area contributed by atoms with Crippen LogP contribution in [0.4, 0.5) is 0 Å². The van der Waals surface area contributed by atoms with E-state index in [-0.39, 0.29) is 24.3 Å². The summed E-state index contributed by atoms with van der Waals surface area (Å²) in [6.07, 6.45) is 0.638. The second-order valence-corrected chi connectivity index (χ2v) is 8.04. The fraction of sp³-hybridized carbons (Fsp3) is 0.450. The van der Waals surface area contributed by atoms with E-state index in [2.05, 4.69) is 11.8 Å². The van der Waals surface area contributed by atoms with E-state index in [1.165, 1.54) is 4.88 Å². The number of amides is 1. The lowest BCUT2D eigenvalue weighted by Crippen LogP contribution is -2.41. The number of aliphatic hydroxyl groups is 2. The number of aliphatic hydroxyl groups excluding tert-OH is 1. The molecule has 0 saturated carbocycles. The number of nitrogens with zero attached hydrogens (tertiary/aromatic N) is 1. The molecule has 26 heavy (non-hydrogen) atoms. The van der Waals surface area contributed by atoms with Crippen molar-refractivity contribution in [2.45, 2.75) is 52.3 Å². The lowest BCUT2D eigenvalue weighted by molar-refractivity contribution is 0.0535. The number of carbonyl (C=O) groups excluding carboxylic acids is 1. The topological polar surface area (TPSA) is 73.9 Å². The molecule has 6 heteroatoms. The molecular weight excluding hydrogens is 350 g/mol. The minimum absolute atomic E-state index is 0.112. The van der Waals surface area contributed by atoms with Gasteiger partial charge in [-0.1, -0.05) is 12.8 Å². The van der Waals surface area contributed by atoms with Crippen LogP contribution in [-0.4, -0.2) is 39.3 Å². The molecule has 0 spiro atoms. The summed E-state index contributed by atoms with van der Waals surface area (Å²) in [6.45, 7) is 7.41. The van der Waals surface area contributed by atoms with Gasteiger partial charge in [0, 0.05) is 9.75 Å². The summed E-state index contributed by atoms with van der Waals surface area (Å²) in [4.78, 5) is 16.8. The van der Waals surface area contributed by atoms with Crippen LogP contribution in [0.25, 0.3) is 0 Å². The zero-order valence-corrected chi connectivity index (χ0v) is 16.4. The fourth-order valence-electron chi connectivity index (χ4n) is 2.43. The van der Waals surface area contributed by atoms with E-state index in [4.69, 9.17) is 4.42 Å². The molecule has 2 heterocycles. The number of hydrogen-bond donors (Lipinski definition) is 2. The van der Waals surface area contributed by atoms with Gasteiger partial charge in [-0.2, -0.15) is 0 Å². The number of hydrogen-bond acceptors (Lipinski definition) is 5. The Kier molecular flexibility index (Phi) is 6.65. The molecule has 0 radical (unpaired) electrons. The van der Waals surface area contributed by atoms with Crippen molar-refractivity contribution in [1.82, 2.24) is 4.90 Å². The van der Waals surface area contributed by atoms with Gasteiger partial charge in [0.25, 0.3) is 5.91 Å². The molecular formula is C20H25NO4S. The third kappa shape index (κ3) is 5.46. The van der Waals surface area contributed by atoms with E-state index >= 15 is 0 Å². The van der Waals surface area contributed by atoms with Crippen molar-refractivity contribution in [3.05, 3.63) is 45.5 Å². The second-order valence-electron chi connectivity index (χ2n) is 6.66. The van der Waals surface area contributed by atoms with Gasteiger partial charge < -0.3 is 19.5 Å². The van der Waals surface area contributed by atoms with Crippen molar-refractivity contribution in [3.8, 4) is 11.8 Å². The van der Waals surface area contributed by atoms with Gasteiger partial charge in [-0.25, -0.2) is 0 Å². The van der Waals surface area contributed by atoms with Crippen LogP contribution < -0.4 is 0 Å². The summed E-state index contributed by atoms with van der Waals surface area (Å²) in [6, 6.07) is 6.90. The number of rotatable bonds is 6. The van der Waals surface area contributed by atoms with Gasteiger partial charge in [0.2, 0.25) is 0 Å². The molecule has 5 nitrogen and oxygen atoms in total. The summed E-state index contributed by atoms with van der Waals surface area (Å²) in [5.74, 6) is 5.59. The Morgan fingerprint density at radius 1 is 1.35 bits per heavy atom. The average molecular weight is 375 g/mol. The van der Waals surface area contributed by atoms with Crippen molar-refractivity contribution in [3.63, 3.8) is 0 Å². The van der Waals surface area contributed by atoms with E-state index in [0.29, 0.717) is 18.7 Å². The molecule has 1 atom stereocenters. The van der Waals surface area contributed by atoms with Gasteiger partial charge in [-0.15, -0.1) is 11.3 Å². The van der Waals surface area contributed by atoms with Crippen LogP contribution in [0.3, 0.4) is 0 Å². The Hall–Kier alpha value is -2.07. The zero-order chi connectivity index (χ0) is 19.3. The first-order chi connectivity index (χ1) is 12.2. The molecule has 0 bridgehead atoms. The number of aryl methyl sites for hydroxylation is 1. The average Bonchev–Trinajstić information content (AvgIpc) is 3.21. The van der Waals surface area contributed by atoms with Crippen LogP contribution in [0.1, 0.15) is 53.3 Å². The van der Waals surface area contributed by atoms with Crippen LogP contribution >= 0.6 is 11.3 Å². The highest BCUT2D eigenvalue weighted by Crippen LogP contribution is 2.21. The smallest absolute Gasteiger partial charge is 0.290 e. The maximum Gasteiger partial charge on any atom is 0.290 e. The normalized spacial score (nSPS) is 12.4. The molecule has 2 rings (SSSR count). The maximum absolute atomic E-state index is 13.0. The molecule has 0 saturated heterocycles. The van der Waals surface area contributed by atoms with E-state index in [0.717, 1.165) is 4.88 Å². The Morgan fingerprint density at radius 2 is 2.08 bits per heavy atom. The molecule has 2 aromatic heterocycles. The Bertz CT molecular complexity index is 800. The number of carbonyl (C=O) groups is 1. The summed E-state index contributed by atoms with van der Waals surface area (Å²) in [5.41, 5.74) is -1.13. The van der Waals surface area contributed by atoms with Crippen LogP contribution in [0.15, 0.2) is 28.7 Å². The molecule has 0 fully saturated rings. The number of thiophene rings is 1. The quantitative estimate of drug-likeness (QED) is 0.761. The second kappa shape index (κ2) is 8.54. The molecule has 2 N–H and O–H groups in total. The molecule has 0 aliphatic carbocycles. The Morgan fingerprint density at radius 3 is 2.62 bits per heavy atom. The molecule has 1 unspecified atom stereocenters. The fourth-order valence-corrected chi connectivity index (χ4v) is 3.32. The van der Waals surface area contributed by atoms with E-state index in [1.807, 2.05) is 26.0 Å². The van der Waals surface area contributed by atoms with Crippen molar-refractivity contribution in [2.75, 3.05) is 6.61 Å². The van der Waals surface area contributed by atoms with Gasteiger partial charge in [0.15, 0.2) is 11.5 Å². The van der Waals surface area contributed by atoms with Crippen molar-refractivity contribution in [1.29, 1.82) is 0 Å². The SMILES string of the molecule is CCC(CO)N(Cc1ccc(C)s1)C(=O)c1ccc(C#CC(C)(C)O)o1. The van der Waals surface area contributed by atoms with E-state index in [9.17, 15) is 15.0 Å². The number of furan rings is 1. The van der Waals surface area contributed by atoms with Crippen molar-refractivity contribution < 1.29 is 19.4 Å². The summed E-state index contributed by atoms with van der Waals surface area (Å²) < 4.78 is 5.55. The molecule has 0 aliphatic rings. The van der Waals surface area contributed by atoms with Crippen LogP contribution in [0.5, 0.6) is 0 Å². The molecule has 2 aromatic rings. The van der Waals surface area contributed by atoms with Gasteiger partial charge in [0.1, 0.15) is 5.60 Å². The molecule has 1 amide bonds. The van der Waals surface area contributed by atoms with Gasteiger partial charge in [0.05, 0.1) is 19.2 Å². The van der Waals surface area contributed by atoms with E-state index in [1.54, 1.807) is 42.2 Å². The predicted octanol–water partition coefficient (Wildman–Crippen LogP) is 3.19. The van der Waals surface area contributed by atoms with E-state index < -0.39 is 5.60 Å². The summed E-state index contributed by atoms with van der Waals surface area (Å²) in [5, 5.41) is 19.4. The minimum Gasteiger partial charge on any atom is -0.443 e. The third-order valence-corrected chi connectivity index (χ3v) is 4.80.